The molecule has 17 heavy (non-hydrogen) atoms. The Balaban J connectivity index is 2.09. The van der Waals surface area contributed by atoms with Crippen molar-refractivity contribution in [3.63, 3.8) is 0 Å². The molecule has 1 aromatic carbocycles. The summed E-state index contributed by atoms with van der Waals surface area (Å²) in [4.78, 5) is 0. The maximum Gasteiger partial charge on any atom is 0.0985 e. The fraction of sp³-hybridized carbons (Fsp3) is 0.357. The first-order valence-electron chi connectivity index (χ1n) is 5.96. The van der Waals surface area contributed by atoms with Crippen molar-refractivity contribution in [1.29, 1.82) is 0 Å². The maximum atomic E-state index is 10.1. The molecule has 0 radical (unpaired) electrons. The third kappa shape index (κ3) is 2.74. The number of hydrogen-bond acceptors (Lipinski definition) is 2. The number of nitrogens with zero attached hydrogens (tertiary/aromatic N) is 2. The molecule has 0 saturated carbocycles. The Bertz CT molecular complexity index is 473. The average molecular weight is 230 g/mol. The molecular formula is C14H18N2O. The van der Waals surface area contributed by atoms with E-state index in [2.05, 4.69) is 24.2 Å². The van der Waals surface area contributed by atoms with Gasteiger partial charge in [0.2, 0.25) is 0 Å². The lowest BCUT2D eigenvalue weighted by Crippen LogP contribution is -2.11. The van der Waals surface area contributed by atoms with Crippen molar-refractivity contribution in [2.24, 2.45) is 0 Å². The minimum absolute atomic E-state index is 0.500. The van der Waals surface area contributed by atoms with Crippen LogP contribution >= 0.6 is 0 Å². The summed E-state index contributed by atoms with van der Waals surface area (Å²) in [6.07, 6.45) is 2.27. The topological polar surface area (TPSA) is 38.0 Å². The standard InChI is InChI=1S/C14H18N2O/c1-3-12-4-6-13(7-5-12)14(17)10-16-11(2)8-9-15-16/h4-9,14,17H,3,10H2,1-2H3. The van der Waals surface area contributed by atoms with Crippen molar-refractivity contribution >= 4 is 0 Å². The molecule has 90 valence electrons. The van der Waals surface area contributed by atoms with Gasteiger partial charge in [0.1, 0.15) is 0 Å². The molecule has 0 spiro atoms. The van der Waals surface area contributed by atoms with Gasteiger partial charge >= 0.3 is 0 Å². The van der Waals surface area contributed by atoms with Crippen LogP contribution in [0.25, 0.3) is 0 Å². The smallest absolute Gasteiger partial charge is 0.0985 e. The summed E-state index contributed by atoms with van der Waals surface area (Å²) < 4.78 is 1.82. The Hall–Kier alpha value is -1.61. The molecule has 0 saturated heterocycles. The lowest BCUT2D eigenvalue weighted by atomic mass is 10.1. The minimum atomic E-state index is -0.500. The largest absolute Gasteiger partial charge is 0.386 e. The fourth-order valence-electron chi connectivity index (χ4n) is 1.83. The summed E-state index contributed by atoms with van der Waals surface area (Å²) in [6.45, 7) is 4.61. The zero-order valence-electron chi connectivity index (χ0n) is 10.3. The molecule has 1 heterocycles. The Labute approximate surface area is 102 Å². The SMILES string of the molecule is CCc1ccc(C(O)Cn2nccc2C)cc1. The van der Waals surface area contributed by atoms with E-state index < -0.39 is 6.10 Å². The molecular weight excluding hydrogens is 212 g/mol. The first kappa shape index (κ1) is 11.9. The van der Waals surface area contributed by atoms with Crippen LogP contribution in [0.1, 0.15) is 29.8 Å². The van der Waals surface area contributed by atoms with E-state index in [1.54, 1.807) is 6.20 Å². The van der Waals surface area contributed by atoms with Gasteiger partial charge in [0, 0.05) is 11.9 Å². The first-order valence-corrected chi connectivity index (χ1v) is 5.96. The monoisotopic (exact) mass is 230 g/mol. The molecule has 0 aliphatic heterocycles. The van der Waals surface area contributed by atoms with Crippen LogP contribution in [0.2, 0.25) is 0 Å². The van der Waals surface area contributed by atoms with E-state index in [1.807, 2.05) is 29.8 Å². The third-order valence-corrected chi connectivity index (χ3v) is 3.05. The van der Waals surface area contributed by atoms with Crippen LogP contribution in [0.5, 0.6) is 0 Å². The molecule has 0 aliphatic rings. The van der Waals surface area contributed by atoms with Crippen LogP contribution in [-0.4, -0.2) is 14.9 Å². The highest BCUT2D eigenvalue weighted by Crippen LogP contribution is 2.16. The Morgan fingerprint density at radius 3 is 2.47 bits per heavy atom. The molecule has 2 rings (SSSR count). The van der Waals surface area contributed by atoms with Gasteiger partial charge in [-0.1, -0.05) is 31.2 Å². The Morgan fingerprint density at radius 2 is 1.94 bits per heavy atom. The molecule has 1 atom stereocenters. The second kappa shape index (κ2) is 5.15. The van der Waals surface area contributed by atoms with Gasteiger partial charge in [-0.15, -0.1) is 0 Å². The molecule has 2 aromatic rings. The van der Waals surface area contributed by atoms with Gasteiger partial charge in [-0.25, -0.2) is 0 Å². The summed E-state index contributed by atoms with van der Waals surface area (Å²) in [5.74, 6) is 0. The number of rotatable bonds is 4. The minimum Gasteiger partial charge on any atom is -0.386 e. The molecule has 1 aromatic heterocycles. The fourth-order valence-corrected chi connectivity index (χ4v) is 1.83. The zero-order chi connectivity index (χ0) is 12.3. The predicted octanol–water partition coefficient (Wildman–Crippen LogP) is 2.49. The van der Waals surface area contributed by atoms with E-state index >= 15 is 0 Å². The normalized spacial score (nSPS) is 12.6. The van der Waals surface area contributed by atoms with Gasteiger partial charge in [0.05, 0.1) is 12.6 Å². The highest BCUT2D eigenvalue weighted by Gasteiger charge is 2.09. The van der Waals surface area contributed by atoms with Crippen molar-refractivity contribution in [2.75, 3.05) is 0 Å². The molecule has 0 aliphatic carbocycles. The number of benzene rings is 1. The summed E-state index contributed by atoms with van der Waals surface area (Å²) in [5, 5.41) is 14.3. The maximum absolute atomic E-state index is 10.1. The lowest BCUT2D eigenvalue weighted by molar-refractivity contribution is 0.150. The highest BCUT2D eigenvalue weighted by atomic mass is 16.3. The third-order valence-electron chi connectivity index (χ3n) is 3.05. The lowest BCUT2D eigenvalue weighted by Gasteiger charge is -2.12. The summed E-state index contributed by atoms with van der Waals surface area (Å²) in [5.41, 5.74) is 3.29. The van der Waals surface area contributed by atoms with Gasteiger partial charge in [0.15, 0.2) is 0 Å². The van der Waals surface area contributed by atoms with Crippen LogP contribution in [0, 0.1) is 6.92 Å². The van der Waals surface area contributed by atoms with Crippen LogP contribution < -0.4 is 0 Å². The van der Waals surface area contributed by atoms with Gasteiger partial charge in [-0.2, -0.15) is 5.10 Å². The second-order valence-electron chi connectivity index (χ2n) is 4.27. The van der Waals surface area contributed by atoms with Crippen LogP contribution in [0.4, 0.5) is 0 Å². The number of aryl methyl sites for hydroxylation is 2. The van der Waals surface area contributed by atoms with E-state index in [4.69, 9.17) is 0 Å². The first-order chi connectivity index (χ1) is 8.20. The van der Waals surface area contributed by atoms with Crippen LogP contribution in [-0.2, 0) is 13.0 Å². The molecule has 0 bridgehead atoms. The van der Waals surface area contributed by atoms with Gasteiger partial charge in [-0.05, 0) is 30.5 Å². The van der Waals surface area contributed by atoms with Gasteiger partial charge in [0.25, 0.3) is 0 Å². The van der Waals surface area contributed by atoms with Crippen molar-refractivity contribution < 1.29 is 5.11 Å². The predicted molar refractivity (Wildman–Crippen MR) is 67.7 cm³/mol. The van der Waals surface area contributed by atoms with E-state index in [-0.39, 0.29) is 0 Å². The van der Waals surface area contributed by atoms with Crippen molar-refractivity contribution in [3.8, 4) is 0 Å². The number of aliphatic hydroxyl groups is 1. The molecule has 0 amide bonds. The second-order valence-corrected chi connectivity index (χ2v) is 4.27. The van der Waals surface area contributed by atoms with Crippen molar-refractivity contribution in [3.05, 3.63) is 53.3 Å². The van der Waals surface area contributed by atoms with Gasteiger partial charge in [-0.3, -0.25) is 4.68 Å². The van der Waals surface area contributed by atoms with Gasteiger partial charge < -0.3 is 5.11 Å². The van der Waals surface area contributed by atoms with Crippen molar-refractivity contribution in [2.45, 2.75) is 32.9 Å². The molecule has 1 N–H and O–H groups in total. The molecule has 0 fully saturated rings. The average Bonchev–Trinajstić information content (AvgIpc) is 2.75. The highest BCUT2D eigenvalue weighted by molar-refractivity contribution is 5.24. The molecule has 1 unspecified atom stereocenters. The number of aromatic nitrogens is 2. The summed E-state index contributed by atoms with van der Waals surface area (Å²) in [6, 6.07) is 10.0. The van der Waals surface area contributed by atoms with Crippen molar-refractivity contribution in [1.82, 2.24) is 9.78 Å². The van der Waals surface area contributed by atoms with E-state index in [1.165, 1.54) is 5.56 Å². The number of hydrogen-bond donors (Lipinski definition) is 1. The summed E-state index contributed by atoms with van der Waals surface area (Å²) in [7, 11) is 0. The Morgan fingerprint density at radius 1 is 1.24 bits per heavy atom. The summed E-state index contributed by atoms with van der Waals surface area (Å²) >= 11 is 0. The molecule has 3 nitrogen and oxygen atoms in total. The number of aliphatic hydroxyl groups excluding tert-OH is 1. The van der Waals surface area contributed by atoms with E-state index in [9.17, 15) is 5.11 Å². The van der Waals surface area contributed by atoms with E-state index in [0.29, 0.717) is 6.54 Å². The van der Waals surface area contributed by atoms with Crippen LogP contribution in [0.3, 0.4) is 0 Å². The van der Waals surface area contributed by atoms with E-state index in [0.717, 1.165) is 17.7 Å². The quantitative estimate of drug-likeness (QED) is 0.876. The Kier molecular flexibility index (Phi) is 3.59. The zero-order valence-corrected chi connectivity index (χ0v) is 10.3. The molecule has 3 heteroatoms. The van der Waals surface area contributed by atoms with Crippen LogP contribution in [0.15, 0.2) is 36.5 Å².